The first-order chi connectivity index (χ1) is 16.8. The third kappa shape index (κ3) is 4.50. The Morgan fingerprint density at radius 1 is 1.11 bits per heavy atom. The van der Waals surface area contributed by atoms with E-state index in [0.29, 0.717) is 23.6 Å². The van der Waals surface area contributed by atoms with Crippen LogP contribution in [0.25, 0.3) is 23.1 Å². The van der Waals surface area contributed by atoms with Gasteiger partial charge in [0.1, 0.15) is 22.9 Å². The Hall–Kier alpha value is -4.12. The van der Waals surface area contributed by atoms with Crippen LogP contribution in [0.3, 0.4) is 0 Å². The van der Waals surface area contributed by atoms with E-state index in [0.717, 1.165) is 27.6 Å². The Morgan fingerprint density at radius 3 is 2.74 bits per heavy atom. The summed E-state index contributed by atoms with van der Waals surface area (Å²) >= 11 is 0. The van der Waals surface area contributed by atoms with Crippen molar-refractivity contribution in [3.8, 4) is 11.5 Å². The van der Waals surface area contributed by atoms with Gasteiger partial charge in [-0.2, -0.15) is 0 Å². The normalized spacial score (nSPS) is 14.2. The lowest BCUT2D eigenvalue weighted by molar-refractivity contribution is 0.103. The fourth-order valence-electron chi connectivity index (χ4n) is 4.45. The van der Waals surface area contributed by atoms with Crippen LogP contribution in [0, 0.1) is 5.82 Å². The number of rotatable bonds is 6. The molecular formula is C30H26FNO3. The molecule has 3 aromatic carbocycles. The molecule has 4 nitrogen and oxygen atoms in total. The summed E-state index contributed by atoms with van der Waals surface area (Å²) in [6.45, 7) is 4.42. The first-order valence-electron chi connectivity index (χ1n) is 11.5. The number of nitrogens with zero attached hydrogens (tertiary/aromatic N) is 1. The number of ketones is 1. The van der Waals surface area contributed by atoms with Crippen molar-refractivity contribution in [2.24, 2.45) is 0 Å². The summed E-state index contributed by atoms with van der Waals surface area (Å²) in [5.74, 6) is 0.773. The van der Waals surface area contributed by atoms with E-state index < -0.39 is 5.60 Å². The van der Waals surface area contributed by atoms with E-state index in [-0.39, 0.29) is 11.6 Å². The highest BCUT2D eigenvalue weighted by Crippen LogP contribution is 2.40. The maximum Gasteiger partial charge on any atom is 0.189 e. The Bertz CT molecular complexity index is 1490. The number of aromatic nitrogens is 1. The number of methoxy groups -OCH3 is 1. The molecule has 2 heterocycles. The Morgan fingerprint density at radius 2 is 1.94 bits per heavy atom. The van der Waals surface area contributed by atoms with Gasteiger partial charge in [-0.15, -0.1) is 0 Å². The number of hydrogen-bond donors (Lipinski definition) is 0. The molecule has 0 spiro atoms. The molecule has 0 atom stereocenters. The van der Waals surface area contributed by atoms with Crippen molar-refractivity contribution in [2.75, 3.05) is 7.11 Å². The van der Waals surface area contributed by atoms with Crippen molar-refractivity contribution in [1.82, 2.24) is 4.57 Å². The lowest BCUT2D eigenvalue weighted by atomic mass is 9.97. The van der Waals surface area contributed by atoms with Gasteiger partial charge in [-0.25, -0.2) is 4.39 Å². The second-order valence-electron chi connectivity index (χ2n) is 9.15. The summed E-state index contributed by atoms with van der Waals surface area (Å²) in [7, 11) is 1.60. The highest BCUT2D eigenvalue weighted by atomic mass is 19.1. The van der Waals surface area contributed by atoms with Gasteiger partial charge in [0.25, 0.3) is 0 Å². The number of allylic oxidation sites excluding steroid dienone is 1. The van der Waals surface area contributed by atoms with Crippen molar-refractivity contribution >= 4 is 28.8 Å². The van der Waals surface area contributed by atoms with Crippen LogP contribution in [-0.4, -0.2) is 23.1 Å². The predicted octanol–water partition coefficient (Wildman–Crippen LogP) is 6.92. The van der Waals surface area contributed by atoms with Crippen molar-refractivity contribution in [2.45, 2.75) is 26.0 Å². The van der Waals surface area contributed by atoms with Gasteiger partial charge in [0.05, 0.1) is 23.8 Å². The molecule has 1 aliphatic heterocycles. The maximum atomic E-state index is 13.7. The molecule has 0 saturated heterocycles. The highest BCUT2D eigenvalue weighted by Gasteiger charge is 2.27. The van der Waals surface area contributed by atoms with Gasteiger partial charge in [0, 0.05) is 18.1 Å². The van der Waals surface area contributed by atoms with Crippen LogP contribution in [0.5, 0.6) is 11.5 Å². The van der Waals surface area contributed by atoms with Crippen LogP contribution >= 0.6 is 0 Å². The zero-order valence-corrected chi connectivity index (χ0v) is 19.9. The number of para-hydroxylation sites is 1. The molecule has 0 amide bonds. The molecule has 5 rings (SSSR count). The maximum absolute atomic E-state index is 13.7. The molecule has 4 aromatic rings. The van der Waals surface area contributed by atoms with Crippen LogP contribution < -0.4 is 9.47 Å². The second kappa shape index (κ2) is 8.91. The molecule has 0 unspecified atom stereocenters. The molecule has 5 heteroatoms. The average molecular weight is 468 g/mol. The second-order valence-corrected chi connectivity index (χ2v) is 9.15. The van der Waals surface area contributed by atoms with Gasteiger partial charge in [-0.1, -0.05) is 30.3 Å². The SMILES string of the molecule is COc1ccc(C(=O)/C=C/c2cccc3ccn(Cc4cccc(F)c4)c23)c2c1C=CC(C)(C)O2. The number of fused-ring (bicyclic) bond motifs is 2. The Kier molecular flexibility index (Phi) is 5.77. The summed E-state index contributed by atoms with van der Waals surface area (Å²) in [4.78, 5) is 13.3. The summed E-state index contributed by atoms with van der Waals surface area (Å²) in [5, 5.41) is 1.05. The molecule has 0 aliphatic carbocycles. The molecule has 0 fully saturated rings. The number of ether oxygens (including phenoxy) is 2. The Labute approximate surface area is 203 Å². The molecule has 35 heavy (non-hydrogen) atoms. The van der Waals surface area contributed by atoms with E-state index in [9.17, 15) is 9.18 Å². The summed E-state index contributed by atoms with van der Waals surface area (Å²) in [5.41, 5.74) is 3.48. The first kappa shape index (κ1) is 22.7. The van der Waals surface area contributed by atoms with E-state index in [4.69, 9.17) is 9.47 Å². The third-order valence-corrected chi connectivity index (χ3v) is 6.13. The minimum absolute atomic E-state index is 0.157. The number of benzene rings is 3. The fourth-order valence-corrected chi connectivity index (χ4v) is 4.45. The predicted molar refractivity (Wildman–Crippen MR) is 138 cm³/mol. The molecule has 1 aliphatic rings. The van der Waals surface area contributed by atoms with Crippen LogP contribution in [0.15, 0.2) is 79.0 Å². The van der Waals surface area contributed by atoms with E-state index in [1.807, 2.05) is 68.6 Å². The van der Waals surface area contributed by atoms with Crippen molar-refractivity contribution in [3.05, 3.63) is 107 Å². The average Bonchev–Trinajstić information content (AvgIpc) is 3.24. The quantitative estimate of drug-likeness (QED) is 0.228. The van der Waals surface area contributed by atoms with E-state index in [1.54, 1.807) is 31.4 Å². The number of carbonyl (C=O) groups excluding carboxylic acids is 1. The lowest BCUT2D eigenvalue weighted by Crippen LogP contribution is -2.28. The minimum atomic E-state index is -0.526. The van der Waals surface area contributed by atoms with Crippen molar-refractivity contribution < 1.29 is 18.7 Å². The molecule has 0 saturated carbocycles. The smallest absolute Gasteiger partial charge is 0.189 e. The monoisotopic (exact) mass is 467 g/mol. The summed E-state index contributed by atoms with van der Waals surface area (Å²) in [6, 6.07) is 18.1. The van der Waals surface area contributed by atoms with Gasteiger partial charge in [0.2, 0.25) is 0 Å². The van der Waals surface area contributed by atoms with E-state index in [2.05, 4.69) is 4.57 Å². The van der Waals surface area contributed by atoms with Crippen LogP contribution in [0.1, 0.15) is 40.9 Å². The van der Waals surface area contributed by atoms with Crippen LogP contribution in [0.4, 0.5) is 4.39 Å². The molecular weight excluding hydrogens is 441 g/mol. The number of hydrogen-bond acceptors (Lipinski definition) is 3. The number of halogens is 1. The van der Waals surface area contributed by atoms with Crippen LogP contribution in [-0.2, 0) is 6.54 Å². The topological polar surface area (TPSA) is 40.5 Å². The van der Waals surface area contributed by atoms with Gasteiger partial charge in [0.15, 0.2) is 5.78 Å². The van der Waals surface area contributed by atoms with E-state index >= 15 is 0 Å². The van der Waals surface area contributed by atoms with Crippen molar-refractivity contribution in [1.29, 1.82) is 0 Å². The first-order valence-corrected chi connectivity index (χ1v) is 11.5. The largest absolute Gasteiger partial charge is 0.496 e. The molecule has 1 aromatic heterocycles. The van der Waals surface area contributed by atoms with Gasteiger partial charge in [-0.3, -0.25) is 4.79 Å². The molecule has 0 N–H and O–H groups in total. The summed E-state index contributed by atoms with van der Waals surface area (Å²) < 4.78 is 27.4. The lowest BCUT2D eigenvalue weighted by Gasteiger charge is -2.29. The molecule has 0 radical (unpaired) electrons. The fraction of sp³-hybridized carbons (Fsp3) is 0.167. The van der Waals surface area contributed by atoms with Crippen LogP contribution in [0.2, 0.25) is 0 Å². The zero-order chi connectivity index (χ0) is 24.6. The minimum Gasteiger partial charge on any atom is -0.496 e. The Balaban J connectivity index is 1.50. The third-order valence-electron chi connectivity index (χ3n) is 6.13. The van der Waals surface area contributed by atoms with Crippen molar-refractivity contribution in [3.63, 3.8) is 0 Å². The molecule has 0 bridgehead atoms. The van der Waals surface area contributed by atoms with E-state index in [1.165, 1.54) is 12.1 Å². The van der Waals surface area contributed by atoms with Gasteiger partial charge < -0.3 is 14.0 Å². The number of carbonyl (C=O) groups is 1. The zero-order valence-electron chi connectivity index (χ0n) is 19.9. The summed E-state index contributed by atoms with van der Waals surface area (Å²) in [6.07, 6.45) is 9.28. The van der Waals surface area contributed by atoms with Gasteiger partial charge >= 0.3 is 0 Å². The highest BCUT2D eigenvalue weighted by molar-refractivity contribution is 6.10. The van der Waals surface area contributed by atoms with Gasteiger partial charge in [-0.05, 0) is 79.6 Å². The molecule has 176 valence electrons. The standard InChI is InChI=1S/C30H26FNO3/c1-30(2)16-14-25-27(34-3)13-11-24(29(25)35-30)26(33)12-10-21-7-5-8-22-15-17-32(28(21)22)19-20-6-4-9-23(31)18-20/h4-18H,19H2,1-3H3/b12-10+.